The standard InChI is InChI=1S/C23H23ClN4O3/c1-13-7-14(11-25-10-13)12-26-21(29)17-9-15-8-16(24)19-18(20(15)31-17)23(28-22(30)27-19)5-3-2-4-6-23/h7-11H,2-6,12H2,1H3,(H,26,29)(H2,27,28,30). The number of hydrogen-bond donors (Lipinski definition) is 3. The van der Waals surface area contributed by atoms with Gasteiger partial charge in [-0.05, 0) is 43.0 Å². The van der Waals surface area contributed by atoms with Crippen LogP contribution in [-0.2, 0) is 12.1 Å². The minimum Gasteiger partial charge on any atom is -0.450 e. The van der Waals surface area contributed by atoms with Crippen molar-refractivity contribution >= 4 is 40.2 Å². The van der Waals surface area contributed by atoms with Crippen molar-refractivity contribution in [2.45, 2.75) is 51.1 Å². The normalized spacial score (nSPS) is 17.2. The van der Waals surface area contributed by atoms with Crippen LogP contribution in [0.1, 0.15) is 59.3 Å². The van der Waals surface area contributed by atoms with Gasteiger partial charge in [0.05, 0.1) is 16.2 Å². The van der Waals surface area contributed by atoms with E-state index in [0.29, 0.717) is 22.8 Å². The van der Waals surface area contributed by atoms with Crippen LogP contribution in [0.25, 0.3) is 11.0 Å². The summed E-state index contributed by atoms with van der Waals surface area (Å²) in [6.07, 6.45) is 8.26. The van der Waals surface area contributed by atoms with Crippen LogP contribution in [0.3, 0.4) is 0 Å². The summed E-state index contributed by atoms with van der Waals surface area (Å²) in [6.45, 7) is 2.31. The molecule has 8 heteroatoms. The number of aromatic nitrogens is 1. The van der Waals surface area contributed by atoms with Gasteiger partial charge in [-0.2, -0.15) is 0 Å². The van der Waals surface area contributed by atoms with Crippen molar-refractivity contribution in [3.63, 3.8) is 0 Å². The molecule has 160 valence electrons. The Morgan fingerprint density at radius 2 is 2.03 bits per heavy atom. The van der Waals surface area contributed by atoms with E-state index in [1.807, 2.05) is 13.0 Å². The van der Waals surface area contributed by atoms with Crippen molar-refractivity contribution in [1.82, 2.24) is 15.6 Å². The first-order valence-corrected chi connectivity index (χ1v) is 10.9. The van der Waals surface area contributed by atoms with Crippen molar-refractivity contribution in [1.29, 1.82) is 0 Å². The molecule has 0 saturated heterocycles. The fourth-order valence-corrected chi connectivity index (χ4v) is 5.04. The van der Waals surface area contributed by atoms with Gasteiger partial charge in [0.25, 0.3) is 5.91 Å². The number of pyridine rings is 1. The smallest absolute Gasteiger partial charge is 0.319 e. The van der Waals surface area contributed by atoms with Crippen molar-refractivity contribution in [2.24, 2.45) is 0 Å². The van der Waals surface area contributed by atoms with E-state index in [-0.39, 0.29) is 17.7 Å². The van der Waals surface area contributed by atoms with Gasteiger partial charge >= 0.3 is 6.03 Å². The lowest BCUT2D eigenvalue weighted by atomic mass is 9.74. The topological polar surface area (TPSA) is 96.3 Å². The number of hydrogen-bond acceptors (Lipinski definition) is 4. The molecule has 0 unspecified atom stereocenters. The van der Waals surface area contributed by atoms with E-state index in [2.05, 4.69) is 20.9 Å². The van der Waals surface area contributed by atoms with Gasteiger partial charge in [0, 0.05) is 29.9 Å². The Labute approximate surface area is 184 Å². The van der Waals surface area contributed by atoms with E-state index in [9.17, 15) is 9.59 Å². The number of furan rings is 1. The lowest BCUT2D eigenvalue weighted by Crippen LogP contribution is -2.52. The molecular formula is C23H23ClN4O3. The highest BCUT2D eigenvalue weighted by atomic mass is 35.5. The second-order valence-corrected chi connectivity index (χ2v) is 8.82. The number of nitrogens with one attached hydrogen (secondary N) is 3. The predicted molar refractivity (Wildman–Crippen MR) is 118 cm³/mol. The molecule has 3 heterocycles. The van der Waals surface area contributed by atoms with Crippen LogP contribution in [0.2, 0.25) is 5.02 Å². The number of benzene rings is 1. The molecule has 3 N–H and O–H groups in total. The summed E-state index contributed by atoms with van der Waals surface area (Å²) in [4.78, 5) is 29.3. The molecule has 2 aromatic heterocycles. The molecule has 1 saturated carbocycles. The molecule has 3 amide bonds. The molecule has 1 aromatic carbocycles. The van der Waals surface area contributed by atoms with Crippen molar-refractivity contribution in [2.75, 3.05) is 5.32 Å². The molecule has 3 aromatic rings. The summed E-state index contributed by atoms with van der Waals surface area (Å²) >= 11 is 6.54. The second kappa shape index (κ2) is 7.57. The molecule has 0 atom stereocenters. The third-order valence-electron chi connectivity index (χ3n) is 6.14. The van der Waals surface area contributed by atoms with E-state index < -0.39 is 5.54 Å². The Morgan fingerprint density at radius 3 is 2.81 bits per heavy atom. The highest BCUT2D eigenvalue weighted by Crippen LogP contribution is 2.48. The average Bonchev–Trinajstić information content (AvgIpc) is 3.16. The van der Waals surface area contributed by atoms with Crippen LogP contribution in [0.15, 0.2) is 35.0 Å². The molecule has 0 radical (unpaired) electrons. The van der Waals surface area contributed by atoms with E-state index in [0.717, 1.165) is 54.2 Å². The second-order valence-electron chi connectivity index (χ2n) is 8.41. The Morgan fingerprint density at radius 1 is 1.23 bits per heavy atom. The molecule has 1 fully saturated rings. The van der Waals surface area contributed by atoms with E-state index in [1.54, 1.807) is 24.5 Å². The number of halogens is 1. The van der Waals surface area contributed by atoms with Crippen molar-refractivity contribution in [3.05, 3.63) is 58.1 Å². The Hall–Kier alpha value is -3.06. The lowest BCUT2D eigenvalue weighted by molar-refractivity contribution is 0.0925. The third kappa shape index (κ3) is 3.53. The predicted octanol–water partition coefficient (Wildman–Crippen LogP) is 5.01. The monoisotopic (exact) mass is 438 g/mol. The summed E-state index contributed by atoms with van der Waals surface area (Å²) in [5, 5.41) is 10.0. The van der Waals surface area contributed by atoms with E-state index >= 15 is 0 Å². The first-order valence-electron chi connectivity index (χ1n) is 10.5. The highest BCUT2D eigenvalue weighted by Gasteiger charge is 2.43. The molecule has 0 bridgehead atoms. The largest absolute Gasteiger partial charge is 0.450 e. The van der Waals surface area contributed by atoms with E-state index in [4.69, 9.17) is 16.0 Å². The van der Waals surface area contributed by atoms with Crippen LogP contribution in [0.4, 0.5) is 10.5 Å². The maximum atomic E-state index is 12.8. The summed E-state index contributed by atoms with van der Waals surface area (Å²) in [7, 11) is 0. The number of carbonyl (C=O) groups excluding carboxylic acids is 2. The summed E-state index contributed by atoms with van der Waals surface area (Å²) in [5.74, 6) is -0.101. The number of carbonyl (C=O) groups is 2. The quantitative estimate of drug-likeness (QED) is 0.535. The van der Waals surface area contributed by atoms with Gasteiger partial charge in [-0.15, -0.1) is 0 Å². The minimum atomic E-state index is -0.530. The van der Waals surface area contributed by atoms with E-state index in [1.165, 1.54) is 0 Å². The maximum absolute atomic E-state index is 12.8. The van der Waals surface area contributed by atoms with Crippen molar-refractivity contribution < 1.29 is 14.0 Å². The Kier molecular flexibility index (Phi) is 4.85. The number of fused-ring (bicyclic) bond motifs is 4. The van der Waals surface area contributed by atoms with Crippen molar-refractivity contribution in [3.8, 4) is 0 Å². The third-order valence-corrected chi connectivity index (χ3v) is 6.44. The van der Waals surface area contributed by atoms with Gasteiger partial charge in [-0.25, -0.2) is 4.79 Å². The zero-order valence-electron chi connectivity index (χ0n) is 17.2. The lowest BCUT2D eigenvalue weighted by Gasteiger charge is -2.42. The SMILES string of the molecule is Cc1cncc(CNC(=O)c2cc3cc(Cl)c4c(c3o2)C2(CCCCC2)NC(=O)N4)c1. The van der Waals surface area contributed by atoms with Gasteiger partial charge in [0.2, 0.25) is 0 Å². The highest BCUT2D eigenvalue weighted by molar-refractivity contribution is 6.35. The van der Waals surface area contributed by atoms with Gasteiger partial charge in [-0.1, -0.05) is 36.9 Å². The number of rotatable bonds is 3. The van der Waals surface area contributed by atoms with Gasteiger partial charge in [0.1, 0.15) is 5.58 Å². The first kappa shape index (κ1) is 19.9. The number of urea groups is 1. The zero-order chi connectivity index (χ0) is 21.6. The van der Waals surface area contributed by atoms with Crippen LogP contribution >= 0.6 is 11.6 Å². The van der Waals surface area contributed by atoms with Crippen LogP contribution in [0, 0.1) is 6.92 Å². The average molecular weight is 439 g/mol. The van der Waals surface area contributed by atoms with Crippen LogP contribution in [0.5, 0.6) is 0 Å². The molecule has 1 spiro atoms. The zero-order valence-corrected chi connectivity index (χ0v) is 17.9. The Bertz CT molecular complexity index is 1200. The fraction of sp³-hybridized carbons (Fsp3) is 0.348. The Balaban J connectivity index is 1.52. The number of amides is 3. The molecule has 1 aliphatic heterocycles. The maximum Gasteiger partial charge on any atom is 0.319 e. The molecular weight excluding hydrogens is 416 g/mol. The number of nitrogens with zero attached hydrogens (tertiary/aromatic N) is 1. The molecule has 31 heavy (non-hydrogen) atoms. The number of aryl methyl sites for hydroxylation is 1. The fourth-order valence-electron chi connectivity index (χ4n) is 4.78. The summed E-state index contributed by atoms with van der Waals surface area (Å²) in [5.41, 5.74) is 3.43. The molecule has 7 nitrogen and oxygen atoms in total. The van der Waals surface area contributed by atoms with Gasteiger partial charge in [0.15, 0.2) is 5.76 Å². The summed E-state index contributed by atoms with van der Waals surface area (Å²) in [6, 6.07) is 5.16. The summed E-state index contributed by atoms with van der Waals surface area (Å²) < 4.78 is 6.08. The molecule has 2 aliphatic rings. The minimum absolute atomic E-state index is 0.211. The number of anilines is 1. The van der Waals surface area contributed by atoms with Gasteiger partial charge < -0.3 is 20.4 Å². The molecule has 5 rings (SSSR count). The van der Waals surface area contributed by atoms with Gasteiger partial charge in [-0.3, -0.25) is 9.78 Å². The first-order chi connectivity index (χ1) is 14.9. The molecule has 1 aliphatic carbocycles. The van der Waals surface area contributed by atoms with Crippen LogP contribution in [-0.4, -0.2) is 16.9 Å². The van der Waals surface area contributed by atoms with Crippen LogP contribution < -0.4 is 16.0 Å².